The molecular formula is C28H30N2O5S. The summed E-state index contributed by atoms with van der Waals surface area (Å²) < 4.78 is 4.88. The molecule has 8 heteroatoms. The number of thiophene rings is 1. The highest BCUT2D eigenvalue weighted by atomic mass is 32.1. The summed E-state index contributed by atoms with van der Waals surface area (Å²) in [6, 6.07) is 15.7. The fourth-order valence-corrected chi connectivity index (χ4v) is 5.28. The summed E-state index contributed by atoms with van der Waals surface area (Å²) in [7, 11) is 1.30. The van der Waals surface area contributed by atoms with Crippen molar-refractivity contribution in [3.05, 3.63) is 82.0 Å². The number of aromatic hydroxyl groups is 1. The number of carbonyl (C=O) groups is 3. The van der Waals surface area contributed by atoms with Gasteiger partial charge < -0.3 is 15.2 Å². The Balaban J connectivity index is 1.78. The van der Waals surface area contributed by atoms with E-state index < -0.39 is 12.0 Å². The molecule has 0 saturated heterocycles. The third-order valence-corrected chi connectivity index (χ3v) is 7.26. The molecule has 2 aromatic carbocycles. The predicted molar refractivity (Wildman–Crippen MR) is 139 cm³/mol. The van der Waals surface area contributed by atoms with Crippen LogP contribution < -0.4 is 10.2 Å². The van der Waals surface area contributed by atoms with Crippen LogP contribution in [0.15, 0.2) is 66.0 Å². The third-order valence-electron chi connectivity index (χ3n) is 6.39. The van der Waals surface area contributed by atoms with E-state index in [2.05, 4.69) is 5.32 Å². The summed E-state index contributed by atoms with van der Waals surface area (Å²) >= 11 is 1.47. The molecule has 1 fully saturated rings. The largest absolute Gasteiger partial charge is 0.508 e. The lowest BCUT2D eigenvalue weighted by Crippen LogP contribution is -2.47. The highest BCUT2D eigenvalue weighted by Crippen LogP contribution is 2.32. The second-order valence-electron chi connectivity index (χ2n) is 8.90. The Morgan fingerprint density at radius 1 is 1.06 bits per heavy atom. The zero-order chi connectivity index (χ0) is 25.5. The lowest BCUT2D eigenvalue weighted by atomic mass is 9.94. The van der Waals surface area contributed by atoms with E-state index in [9.17, 15) is 19.5 Å². The molecule has 3 aromatic rings. The Kier molecular flexibility index (Phi) is 8.38. The number of carbonyl (C=O) groups excluding carboxylic acids is 3. The maximum Gasteiger partial charge on any atom is 0.337 e. The minimum Gasteiger partial charge on any atom is -0.508 e. The summed E-state index contributed by atoms with van der Waals surface area (Å²) in [5, 5.41) is 14.9. The molecule has 2 amide bonds. The average molecular weight is 507 g/mol. The van der Waals surface area contributed by atoms with Crippen molar-refractivity contribution in [1.82, 2.24) is 5.32 Å². The molecule has 2 N–H and O–H groups in total. The molecular weight excluding hydrogens is 476 g/mol. The van der Waals surface area contributed by atoms with Crippen molar-refractivity contribution in [2.75, 3.05) is 12.0 Å². The van der Waals surface area contributed by atoms with Crippen LogP contribution in [0.3, 0.4) is 0 Å². The van der Waals surface area contributed by atoms with Gasteiger partial charge in [-0.3, -0.25) is 14.5 Å². The van der Waals surface area contributed by atoms with E-state index in [1.165, 1.54) is 35.5 Å². The summed E-state index contributed by atoms with van der Waals surface area (Å²) in [5.41, 5.74) is 1.25. The first-order chi connectivity index (χ1) is 17.5. The number of hydrogen-bond donors (Lipinski definition) is 2. The quantitative estimate of drug-likeness (QED) is 0.419. The Morgan fingerprint density at radius 2 is 1.81 bits per heavy atom. The Labute approximate surface area is 214 Å². The molecule has 0 spiro atoms. The molecule has 1 aliphatic carbocycles. The van der Waals surface area contributed by atoms with Gasteiger partial charge in [0, 0.05) is 16.6 Å². The Morgan fingerprint density at radius 3 is 2.47 bits per heavy atom. The SMILES string of the molecule is COC(=O)c1cccc(N(C(=O)Cc2cccs2)[C@@H](C(=O)NC2CCCCC2)c2ccc(O)cc2)c1. The van der Waals surface area contributed by atoms with Crippen LogP contribution in [0.25, 0.3) is 0 Å². The number of esters is 1. The molecule has 0 bridgehead atoms. The summed E-state index contributed by atoms with van der Waals surface area (Å²) in [6.07, 6.45) is 5.16. The van der Waals surface area contributed by atoms with Gasteiger partial charge in [0.25, 0.3) is 0 Å². The highest BCUT2D eigenvalue weighted by Gasteiger charge is 2.34. The minimum atomic E-state index is -0.993. The number of ether oxygens (including phenoxy) is 1. The van der Waals surface area contributed by atoms with Crippen molar-refractivity contribution >= 4 is 34.8 Å². The number of anilines is 1. The van der Waals surface area contributed by atoms with Crippen molar-refractivity contribution < 1.29 is 24.2 Å². The first-order valence-electron chi connectivity index (χ1n) is 12.1. The summed E-state index contributed by atoms with van der Waals surface area (Å²) in [6.45, 7) is 0. The van der Waals surface area contributed by atoms with E-state index in [4.69, 9.17) is 4.74 Å². The summed E-state index contributed by atoms with van der Waals surface area (Å²) in [5.74, 6) is -1.04. The second-order valence-corrected chi connectivity index (χ2v) is 9.93. The number of methoxy groups -OCH3 is 1. The monoisotopic (exact) mass is 506 g/mol. The van der Waals surface area contributed by atoms with Crippen LogP contribution in [0.2, 0.25) is 0 Å². The van der Waals surface area contributed by atoms with E-state index in [1.807, 2.05) is 17.5 Å². The van der Waals surface area contributed by atoms with Crippen molar-refractivity contribution in [2.45, 2.75) is 50.6 Å². The number of benzene rings is 2. The number of hydrogen-bond acceptors (Lipinski definition) is 6. The van der Waals surface area contributed by atoms with Crippen molar-refractivity contribution in [2.24, 2.45) is 0 Å². The smallest absolute Gasteiger partial charge is 0.337 e. The van der Waals surface area contributed by atoms with Gasteiger partial charge in [0.15, 0.2) is 0 Å². The van der Waals surface area contributed by atoms with Gasteiger partial charge in [0.05, 0.1) is 19.1 Å². The second kappa shape index (κ2) is 11.9. The maximum atomic E-state index is 13.8. The van der Waals surface area contributed by atoms with Crippen LogP contribution in [-0.2, 0) is 20.7 Å². The molecule has 188 valence electrons. The van der Waals surface area contributed by atoms with Gasteiger partial charge in [-0.15, -0.1) is 11.3 Å². The Hall–Kier alpha value is -3.65. The average Bonchev–Trinajstić information content (AvgIpc) is 3.41. The van der Waals surface area contributed by atoms with Gasteiger partial charge in [-0.1, -0.05) is 43.5 Å². The lowest BCUT2D eigenvalue weighted by Gasteiger charge is -2.33. The molecule has 1 heterocycles. The van der Waals surface area contributed by atoms with Crippen LogP contribution >= 0.6 is 11.3 Å². The van der Waals surface area contributed by atoms with Gasteiger partial charge in [-0.25, -0.2) is 4.79 Å². The third kappa shape index (κ3) is 6.12. The van der Waals surface area contributed by atoms with Crippen LogP contribution in [0.1, 0.15) is 58.9 Å². The fourth-order valence-electron chi connectivity index (χ4n) is 4.59. The van der Waals surface area contributed by atoms with Crippen molar-refractivity contribution in [3.8, 4) is 5.75 Å². The van der Waals surface area contributed by atoms with E-state index >= 15 is 0 Å². The van der Waals surface area contributed by atoms with Gasteiger partial charge in [-0.05, 0) is 60.2 Å². The minimum absolute atomic E-state index is 0.0431. The molecule has 4 rings (SSSR count). The molecule has 1 saturated carbocycles. The van der Waals surface area contributed by atoms with Crippen molar-refractivity contribution in [3.63, 3.8) is 0 Å². The van der Waals surface area contributed by atoms with E-state index in [1.54, 1.807) is 36.4 Å². The molecule has 1 aliphatic rings. The normalized spacial score (nSPS) is 14.6. The zero-order valence-electron chi connectivity index (χ0n) is 20.2. The zero-order valence-corrected chi connectivity index (χ0v) is 21.0. The van der Waals surface area contributed by atoms with Crippen molar-refractivity contribution in [1.29, 1.82) is 0 Å². The Bertz CT molecular complexity index is 1190. The topological polar surface area (TPSA) is 95.9 Å². The maximum absolute atomic E-state index is 13.8. The number of nitrogens with one attached hydrogen (secondary N) is 1. The lowest BCUT2D eigenvalue weighted by molar-refractivity contribution is -0.127. The highest BCUT2D eigenvalue weighted by molar-refractivity contribution is 7.10. The van der Waals surface area contributed by atoms with E-state index in [0.717, 1.165) is 37.0 Å². The number of phenolic OH excluding ortho intramolecular Hbond substituents is 1. The first-order valence-corrected chi connectivity index (χ1v) is 13.0. The molecule has 0 unspecified atom stereocenters. The first kappa shape index (κ1) is 25.4. The van der Waals surface area contributed by atoms with Crippen LogP contribution in [0.5, 0.6) is 5.75 Å². The molecule has 36 heavy (non-hydrogen) atoms. The number of phenols is 1. The molecule has 7 nitrogen and oxygen atoms in total. The molecule has 0 radical (unpaired) electrons. The van der Waals surface area contributed by atoms with Gasteiger partial charge in [-0.2, -0.15) is 0 Å². The van der Waals surface area contributed by atoms with E-state index in [-0.39, 0.29) is 35.6 Å². The van der Waals surface area contributed by atoms with Crippen LogP contribution in [-0.4, -0.2) is 36.0 Å². The van der Waals surface area contributed by atoms with Gasteiger partial charge in [0.2, 0.25) is 11.8 Å². The fraction of sp³-hybridized carbons (Fsp3) is 0.321. The molecule has 0 aliphatic heterocycles. The number of nitrogens with zero attached hydrogens (tertiary/aromatic N) is 1. The van der Waals surface area contributed by atoms with Gasteiger partial charge >= 0.3 is 5.97 Å². The predicted octanol–water partition coefficient (Wildman–Crippen LogP) is 5.01. The molecule has 1 atom stereocenters. The number of amides is 2. The standard InChI is InChI=1S/C28H30N2O5S/c1-35-28(34)20-7-5-10-22(17-20)30(25(32)18-24-11-6-16-36-24)26(19-12-14-23(31)15-13-19)27(33)29-21-8-3-2-4-9-21/h5-7,10-17,21,26,31H,2-4,8-9,18H2,1H3,(H,29,33)/t26-/m1/s1. The van der Waals surface area contributed by atoms with Gasteiger partial charge in [0.1, 0.15) is 11.8 Å². The van der Waals surface area contributed by atoms with E-state index in [0.29, 0.717) is 11.3 Å². The number of rotatable bonds is 8. The van der Waals surface area contributed by atoms with Crippen LogP contribution in [0, 0.1) is 0 Å². The molecule has 1 aromatic heterocycles. The van der Waals surface area contributed by atoms with Crippen LogP contribution in [0.4, 0.5) is 5.69 Å². The summed E-state index contributed by atoms with van der Waals surface area (Å²) in [4.78, 5) is 42.2.